The van der Waals surface area contributed by atoms with E-state index >= 15 is 0 Å². The van der Waals surface area contributed by atoms with E-state index in [0.717, 1.165) is 11.4 Å². The van der Waals surface area contributed by atoms with Crippen LogP contribution in [0.1, 0.15) is 5.82 Å². The molecule has 0 amide bonds. The smallest absolute Gasteiger partial charge is 0.181 e. The van der Waals surface area contributed by atoms with Crippen LogP contribution in [0.4, 0.5) is 0 Å². The Morgan fingerprint density at radius 1 is 1.33 bits per heavy atom. The van der Waals surface area contributed by atoms with Crippen LogP contribution in [-0.4, -0.2) is 29.9 Å². The fourth-order valence-corrected chi connectivity index (χ4v) is 1.78. The first kappa shape index (κ1) is 10.9. The Bertz CT molecular complexity index is 645. The molecule has 0 aliphatic heterocycles. The number of nitrogens with one attached hydrogen (secondary N) is 1. The summed E-state index contributed by atoms with van der Waals surface area (Å²) in [5.41, 5.74) is 0.878. The highest BCUT2D eigenvalue weighted by molar-refractivity contribution is 6.30. The summed E-state index contributed by atoms with van der Waals surface area (Å²) in [4.78, 5) is 8.25. The van der Waals surface area contributed by atoms with Crippen LogP contribution in [0.5, 0.6) is 0 Å². The molecule has 0 saturated heterocycles. The zero-order valence-electron chi connectivity index (χ0n) is 9.29. The monoisotopic (exact) mass is 260 g/mol. The lowest BCUT2D eigenvalue weighted by atomic mass is 10.2. The van der Waals surface area contributed by atoms with E-state index in [2.05, 4.69) is 25.3 Å². The quantitative estimate of drug-likeness (QED) is 0.779. The highest BCUT2D eigenvalue weighted by atomic mass is 35.5. The highest BCUT2D eigenvalue weighted by Gasteiger charge is 2.06. The Morgan fingerprint density at radius 3 is 3.06 bits per heavy atom. The van der Waals surface area contributed by atoms with Gasteiger partial charge in [0.05, 0.1) is 0 Å². The molecule has 6 nitrogen and oxygen atoms in total. The van der Waals surface area contributed by atoms with Crippen molar-refractivity contribution in [2.45, 2.75) is 6.54 Å². The third kappa shape index (κ3) is 2.23. The highest BCUT2D eigenvalue weighted by Crippen LogP contribution is 2.19. The van der Waals surface area contributed by atoms with Gasteiger partial charge in [-0.05, 0) is 12.1 Å². The van der Waals surface area contributed by atoms with Crippen LogP contribution < -0.4 is 0 Å². The molecule has 0 atom stereocenters. The first-order valence-electron chi connectivity index (χ1n) is 5.31. The molecule has 18 heavy (non-hydrogen) atoms. The number of aromatic nitrogens is 6. The van der Waals surface area contributed by atoms with Crippen LogP contribution in [0.25, 0.3) is 11.4 Å². The molecule has 0 radical (unpaired) electrons. The molecule has 2 aromatic heterocycles. The van der Waals surface area contributed by atoms with Crippen molar-refractivity contribution in [2.75, 3.05) is 0 Å². The Kier molecular flexibility index (Phi) is 2.77. The second-order valence-corrected chi connectivity index (χ2v) is 4.15. The predicted octanol–water partition coefficient (Wildman–Crippen LogP) is 1.76. The summed E-state index contributed by atoms with van der Waals surface area (Å²) in [5.74, 6) is 1.34. The largest absolute Gasteiger partial charge is 0.261 e. The number of H-pyrrole nitrogens is 1. The van der Waals surface area contributed by atoms with E-state index in [-0.39, 0.29) is 0 Å². The van der Waals surface area contributed by atoms with E-state index in [1.54, 1.807) is 11.0 Å². The summed E-state index contributed by atoms with van der Waals surface area (Å²) in [5, 5.41) is 11.7. The first-order chi connectivity index (χ1) is 8.81. The van der Waals surface area contributed by atoms with Crippen molar-refractivity contribution < 1.29 is 0 Å². The Morgan fingerprint density at radius 2 is 2.28 bits per heavy atom. The molecule has 0 bridgehead atoms. The molecule has 0 aliphatic carbocycles. The lowest BCUT2D eigenvalue weighted by molar-refractivity contribution is 0.656. The number of aromatic amines is 1. The molecule has 0 saturated carbocycles. The molecular formula is C11H9ClN6. The van der Waals surface area contributed by atoms with Gasteiger partial charge >= 0.3 is 0 Å². The van der Waals surface area contributed by atoms with Gasteiger partial charge in [0.25, 0.3) is 0 Å². The SMILES string of the molecule is Clc1cccc(-c2n[nH]c(Cn3cncn3)n2)c1. The van der Waals surface area contributed by atoms with Gasteiger partial charge in [0.15, 0.2) is 5.82 Å². The summed E-state index contributed by atoms with van der Waals surface area (Å²) < 4.78 is 1.67. The maximum Gasteiger partial charge on any atom is 0.181 e. The molecule has 0 fully saturated rings. The molecule has 1 N–H and O–H groups in total. The van der Waals surface area contributed by atoms with E-state index in [0.29, 0.717) is 17.4 Å². The van der Waals surface area contributed by atoms with Crippen LogP contribution in [0, 0.1) is 0 Å². The second-order valence-electron chi connectivity index (χ2n) is 3.71. The van der Waals surface area contributed by atoms with Crippen molar-refractivity contribution in [3.05, 3.63) is 47.8 Å². The molecular weight excluding hydrogens is 252 g/mol. The molecule has 7 heteroatoms. The van der Waals surface area contributed by atoms with Gasteiger partial charge in [0.1, 0.15) is 25.0 Å². The summed E-state index contributed by atoms with van der Waals surface area (Å²) >= 11 is 5.93. The van der Waals surface area contributed by atoms with Crippen molar-refractivity contribution in [3.8, 4) is 11.4 Å². The number of hydrogen-bond acceptors (Lipinski definition) is 4. The maximum absolute atomic E-state index is 5.93. The molecule has 2 heterocycles. The number of halogens is 1. The fourth-order valence-electron chi connectivity index (χ4n) is 1.59. The topological polar surface area (TPSA) is 72.3 Å². The van der Waals surface area contributed by atoms with Crippen LogP contribution in [-0.2, 0) is 6.54 Å². The number of rotatable bonds is 3. The Labute approximate surface area is 108 Å². The van der Waals surface area contributed by atoms with E-state index in [9.17, 15) is 0 Å². The summed E-state index contributed by atoms with van der Waals surface area (Å²) in [6.07, 6.45) is 3.11. The van der Waals surface area contributed by atoms with E-state index in [1.807, 2.05) is 24.3 Å². The van der Waals surface area contributed by atoms with Gasteiger partial charge in [0.2, 0.25) is 0 Å². The lowest BCUT2D eigenvalue weighted by Crippen LogP contribution is -2.01. The lowest BCUT2D eigenvalue weighted by Gasteiger charge is -1.95. The van der Waals surface area contributed by atoms with Gasteiger partial charge in [0, 0.05) is 10.6 Å². The van der Waals surface area contributed by atoms with E-state index in [1.165, 1.54) is 6.33 Å². The zero-order valence-corrected chi connectivity index (χ0v) is 10.0. The number of nitrogens with zero attached hydrogens (tertiary/aromatic N) is 5. The van der Waals surface area contributed by atoms with Crippen molar-refractivity contribution in [1.29, 1.82) is 0 Å². The molecule has 3 rings (SSSR count). The average Bonchev–Trinajstić information content (AvgIpc) is 3.01. The Balaban J connectivity index is 1.85. The third-order valence-electron chi connectivity index (χ3n) is 2.39. The standard InChI is InChI=1S/C11H9ClN6/c12-9-3-1-2-8(4-9)11-15-10(16-17-11)5-18-7-13-6-14-18/h1-4,6-7H,5H2,(H,15,16,17). The van der Waals surface area contributed by atoms with E-state index in [4.69, 9.17) is 11.6 Å². The van der Waals surface area contributed by atoms with Gasteiger partial charge in [-0.1, -0.05) is 23.7 Å². The van der Waals surface area contributed by atoms with Crippen LogP contribution >= 0.6 is 11.6 Å². The normalized spacial score (nSPS) is 10.7. The predicted molar refractivity (Wildman–Crippen MR) is 66.0 cm³/mol. The van der Waals surface area contributed by atoms with Crippen LogP contribution in [0.2, 0.25) is 5.02 Å². The second kappa shape index (κ2) is 4.58. The van der Waals surface area contributed by atoms with Gasteiger partial charge in [-0.15, -0.1) is 0 Å². The Hall–Kier alpha value is -2.21. The third-order valence-corrected chi connectivity index (χ3v) is 2.63. The van der Waals surface area contributed by atoms with E-state index < -0.39 is 0 Å². The first-order valence-corrected chi connectivity index (χ1v) is 5.69. The summed E-state index contributed by atoms with van der Waals surface area (Å²) in [7, 11) is 0. The molecule has 0 unspecified atom stereocenters. The minimum absolute atomic E-state index is 0.508. The number of benzene rings is 1. The van der Waals surface area contributed by atoms with Crippen LogP contribution in [0.15, 0.2) is 36.9 Å². The van der Waals surface area contributed by atoms with Crippen LogP contribution in [0.3, 0.4) is 0 Å². The van der Waals surface area contributed by atoms with Crippen molar-refractivity contribution in [1.82, 2.24) is 29.9 Å². The fraction of sp³-hybridized carbons (Fsp3) is 0.0909. The summed E-state index contributed by atoms with van der Waals surface area (Å²) in [6, 6.07) is 7.41. The van der Waals surface area contributed by atoms with Crippen molar-refractivity contribution in [3.63, 3.8) is 0 Å². The van der Waals surface area contributed by atoms with Gasteiger partial charge < -0.3 is 0 Å². The van der Waals surface area contributed by atoms with Gasteiger partial charge in [-0.25, -0.2) is 14.6 Å². The average molecular weight is 261 g/mol. The van der Waals surface area contributed by atoms with Gasteiger partial charge in [-0.3, -0.25) is 5.10 Å². The van der Waals surface area contributed by atoms with Gasteiger partial charge in [-0.2, -0.15) is 10.2 Å². The maximum atomic E-state index is 5.93. The summed E-state index contributed by atoms with van der Waals surface area (Å²) in [6.45, 7) is 0.508. The molecule has 90 valence electrons. The molecule has 1 aromatic carbocycles. The number of hydrogen-bond donors (Lipinski definition) is 1. The zero-order chi connectivity index (χ0) is 12.4. The molecule has 0 spiro atoms. The minimum Gasteiger partial charge on any atom is -0.261 e. The molecule has 3 aromatic rings. The molecule has 0 aliphatic rings. The minimum atomic E-state index is 0.508. The van der Waals surface area contributed by atoms with Crippen molar-refractivity contribution in [2.24, 2.45) is 0 Å². The van der Waals surface area contributed by atoms with Crippen molar-refractivity contribution >= 4 is 11.6 Å².